The average molecular weight is 755 g/mol. The van der Waals surface area contributed by atoms with E-state index in [1.807, 2.05) is 0 Å². The molecule has 3 rings (SSSR count). The van der Waals surface area contributed by atoms with E-state index in [1.165, 1.54) is 20.3 Å². The lowest BCUT2D eigenvalue weighted by atomic mass is 9.76. The van der Waals surface area contributed by atoms with E-state index in [1.54, 1.807) is 26.0 Å². The Morgan fingerprint density at radius 1 is 1.00 bits per heavy atom. The SMILES string of the molecule is C=CCOC(=O)C[C@H]1C[C@H]2C[C@H]3CCC[C@@H](C[C@@H](O)CC(=O)O[C@@H](CO)CCC/C(=C\C(=O)OC)[C@H](OC(C)=O)[C@@](O)(OC)C(C)(C)/C=C/[C@H](O2)O1)O3. The van der Waals surface area contributed by atoms with Gasteiger partial charge in [0, 0.05) is 44.8 Å². The number of cyclic esters (lactones) is 1. The van der Waals surface area contributed by atoms with Crippen LogP contribution in [0.1, 0.15) is 91.4 Å². The summed E-state index contributed by atoms with van der Waals surface area (Å²) in [5.74, 6) is -5.02. The molecule has 300 valence electrons. The number of rotatable bonds is 8. The quantitative estimate of drug-likeness (QED) is 0.107. The third-order valence-electron chi connectivity index (χ3n) is 9.71. The molecule has 0 aromatic heterocycles. The van der Waals surface area contributed by atoms with Gasteiger partial charge in [-0.25, -0.2) is 4.79 Å². The van der Waals surface area contributed by atoms with Gasteiger partial charge < -0.3 is 53.2 Å². The van der Waals surface area contributed by atoms with Gasteiger partial charge in [-0.3, -0.25) is 14.4 Å². The lowest BCUT2D eigenvalue weighted by Crippen LogP contribution is -2.57. The number of methoxy groups -OCH3 is 2. The second-order valence-corrected chi connectivity index (χ2v) is 14.3. The molecule has 0 aliphatic carbocycles. The molecule has 3 N–H and O–H groups in total. The number of hydrogen-bond acceptors (Lipinski definition) is 15. The van der Waals surface area contributed by atoms with Gasteiger partial charge in [0.1, 0.15) is 12.7 Å². The van der Waals surface area contributed by atoms with Gasteiger partial charge in [-0.05, 0) is 50.2 Å². The van der Waals surface area contributed by atoms with Crippen molar-refractivity contribution in [3.63, 3.8) is 0 Å². The number of aliphatic hydroxyl groups excluding tert-OH is 2. The molecule has 0 radical (unpaired) electrons. The molecule has 15 heteroatoms. The molecule has 3 aliphatic heterocycles. The standard InChI is InChI=1S/C38H58O15/c1-7-16-48-33(43)22-31-21-30-20-28-12-9-11-27(50-28)18-26(41)19-34(44)51-29(23-39)13-8-10-25(17-32(42)46-5)36(49-24(2)40)38(45,47-6)37(3,4)15-14-35(52-30)53-31/h7,14-15,17,26-31,35-36,39,41,45H,1,8-13,16,18-23H2,2-6H3/b15-14+,25-17+/t26-,27+,28-,29-,30-,31-,35-,36+,38-/m1/s1. The highest BCUT2D eigenvalue weighted by Crippen LogP contribution is 2.42. The largest absolute Gasteiger partial charge is 0.466 e. The van der Waals surface area contributed by atoms with Crippen LogP contribution in [0.15, 0.2) is 36.5 Å². The summed E-state index contributed by atoms with van der Waals surface area (Å²) in [5.41, 5.74) is -1.23. The Balaban J connectivity index is 2.05. The van der Waals surface area contributed by atoms with Crippen LogP contribution < -0.4 is 0 Å². The smallest absolute Gasteiger partial charge is 0.330 e. The normalized spacial score (nSPS) is 34.6. The van der Waals surface area contributed by atoms with E-state index in [0.29, 0.717) is 19.3 Å². The van der Waals surface area contributed by atoms with Crippen LogP contribution in [-0.4, -0.2) is 121 Å². The van der Waals surface area contributed by atoms with E-state index in [4.69, 9.17) is 37.9 Å². The van der Waals surface area contributed by atoms with Crippen molar-refractivity contribution in [1.82, 2.24) is 0 Å². The molecule has 0 unspecified atom stereocenters. The number of ether oxygens (including phenoxy) is 8. The number of esters is 4. The van der Waals surface area contributed by atoms with Gasteiger partial charge in [0.15, 0.2) is 12.4 Å². The fourth-order valence-electron chi connectivity index (χ4n) is 6.95. The van der Waals surface area contributed by atoms with E-state index in [0.717, 1.165) is 25.8 Å². The fraction of sp³-hybridized carbons (Fsp3) is 0.737. The zero-order valence-electron chi connectivity index (χ0n) is 31.6. The van der Waals surface area contributed by atoms with Gasteiger partial charge in [0.25, 0.3) is 0 Å². The van der Waals surface area contributed by atoms with Gasteiger partial charge in [0.2, 0.25) is 5.79 Å². The van der Waals surface area contributed by atoms with Crippen molar-refractivity contribution in [3.05, 3.63) is 36.5 Å². The second-order valence-electron chi connectivity index (χ2n) is 14.3. The van der Waals surface area contributed by atoms with Crippen LogP contribution in [0.5, 0.6) is 0 Å². The number of fused-ring (bicyclic) bond motifs is 4. The van der Waals surface area contributed by atoms with Crippen molar-refractivity contribution >= 4 is 23.9 Å². The van der Waals surface area contributed by atoms with Crippen molar-refractivity contribution in [2.75, 3.05) is 27.4 Å². The van der Waals surface area contributed by atoms with Crippen LogP contribution in [0.2, 0.25) is 0 Å². The molecular formula is C38H58O15. The zero-order chi connectivity index (χ0) is 39.2. The lowest BCUT2D eigenvalue weighted by Gasteiger charge is -2.45. The Hall–Kier alpha value is -3.18. The molecule has 0 amide bonds. The molecule has 2 saturated heterocycles. The molecule has 3 heterocycles. The van der Waals surface area contributed by atoms with E-state index < -0.39 is 78.5 Å². The van der Waals surface area contributed by atoms with Gasteiger partial charge in [-0.2, -0.15) is 0 Å². The monoisotopic (exact) mass is 754 g/mol. The van der Waals surface area contributed by atoms with Gasteiger partial charge >= 0.3 is 23.9 Å². The van der Waals surface area contributed by atoms with E-state index in [-0.39, 0.29) is 62.9 Å². The van der Waals surface area contributed by atoms with Crippen molar-refractivity contribution in [2.24, 2.45) is 5.41 Å². The summed E-state index contributed by atoms with van der Waals surface area (Å²) in [6.45, 7) is 7.55. The van der Waals surface area contributed by atoms with E-state index >= 15 is 0 Å². The Labute approximate surface area is 311 Å². The van der Waals surface area contributed by atoms with E-state index in [2.05, 4.69) is 6.58 Å². The third-order valence-corrected chi connectivity index (χ3v) is 9.71. The first-order valence-electron chi connectivity index (χ1n) is 18.3. The Morgan fingerprint density at radius 3 is 2.36 bits per heavy atom. The summed E-state index contributed by atoms with van der Waals surface area (Å²) in [7, 11) is 2.40. The van der Waals surface area contributed by atoms with Crippen LogP contribution in [-0.2, 0) is 57.1 Å². The summed E-state index contributed by atoms with van der Waals surface area (Å²) >= 11 is 0. The molecule has 0 aromatic rings. The minimum atomic E-state index is -2.29. The maximum Gasteiger partial charge on any atom is 0.330 e. The molecule has 9 atom stereocenters. The lowest BCUT2D eigenvalue weighted by molar-refractivity contribution is -0.283. The zero-order valence-corrected chi connectivity index (χ0v) is 31.6. The molecule has 53 heavy (non-hydrogen) atoms. The van der Waals surface area contributed by atoms with Crippen molar-refractivity contribution < 1.29 is 72.4 Å². The summed E-state index contributed by atoms with van der Waals surface area (Å²) in [6, 6.07) is 0. The second kappa shape index (κ2) is 21.1. The maximum atomic E-state index is 12.8. The molecule has 0 spiro atoms. The van der Waals surface area contributed by atoms with Crippen LogP contribution >= 0.6 is 0 Å². The first-order valence-corrected chi connectivity index (χ1v) is 18.3. The number of carbonyl (C=O) groups excluding carboxylic acids is 4. The molecule has 2 fully saturated rings. The first-order chi connectivity index (χ1) is 25.1. The minimum absolute atomic E-state index is 0.0233. The van der Waals surface area contributed by atoms with Gasteiger partial charge in [-0.1, -0.05) is 32.6 Å². The number of carbonyl (C=O) groups is 4. The first kappa shape index (κ1) is 44.2. The summed E-state index contributed by atoms with van der Waals surface area (Å²) in [4.78, 5) is 50.5. The third kappa shape index (κ3) is 13.6. The molecule has 3 aliphatic rings. The van der Waals surface area contributed by atoms with Gasteiger partial charge in [0.05, 0.1) is 57.1 Å². The van der Waals surface area contributed by atoms with E-state index in [9.17, 15) is 34.5 Å². The van der Waals surface area contributed by atoms with Crippen LogP contribution in [0.4, 0.5) is 0 Å². The Bertz CT molecular complexity index is 1290. The fourth-order valence-corrected chi connectivity index (χ4v) is 6.95. The maximum absolute atomic E-state index is 12.8. The Morgan fingerprint density at radius 2 is 1.72 bits per heavy atom. The highest BCUT2D eigenvalue weighted by molar-refractivity contribution is 5.83. The minimum Gasteiger partial charge on any atom is -0.466 e. The highest BCUT2D eigenvalue weighted by Gasteiger charge is 2.52. The molecule has 0 saturated carbocycles. The summed E-state index contributed by atoms with van der Waals surface area (Å²) in [5, 5.41) is 33.1. The molecule has 0 aromatic carbocycles. The molecule has 4 bridgehead atoms. The predicted octanol–water partition coefficient (Wildman–Crippen LogP) is 3.11. The van der Waals surface area contributed by atoms with Gasteiger partial charge in [-0.15, -0.1) is 0 Å². The van der Waals surface area contributed by atoms with Crippen LogP contribution in [0.25, 0.3) is 0 Å². The van der Waals surface area contributed by atoms with Crippen LogP contribution in [0, 0.1) is 5.41 Å². The Kier molecular flexibility index (Phi) is 17.6. The van der Waals surface area contributed by atoms with Crippen molar-refractivity contribution in [1.29, 1.82) is 0 Å². The predicted molar refractivity (Wildman–Crippen MR) is 188 cm³/mol. The molecular weight excluding hydrogens is 696 g/mol. The van der Waals surface area contributed by atoms with Crippen molar-refractivity contribution in [3.8, 4) is 0 Å². The van der Waals surface area contributed by atoms with Crippen LogP contribution in [0.3, 0.4) is 0 Å². The average Bonchev–Trinajstić information content (AvgIpc) is 3.10. The van der Waals surface area contributed by atoms with Crippen molar-refractivity contribution in [2.45, 2.75) is 146 Å². The number of hydrogen-bond donors (Lipinski definition) is 3. The summed E-state index contributed by atoms with van der Waals surface area (Å²) in [6.07, 6.45) is 3.02. The number of aliphatic hydroxyl groups is 3. The molecule has 15 nitrogen and oxygen atoms in total. The highest BCUT2D eigenvalue weighted by atomic mass is 16.7. The summed E-state index contributed by atoms with van der Waals surface area (Å²) < 4.78 is 45.8. The topological polar surface area (TPSA) is 203 Å².